The number of hydrogen-bond acceptors (Lipinski definition) is 6. The van der Waals surface area contributed by atoms with Crippen molar-refractivity contribution >= 4 is 45.2 Å². The molecular weight excluding hydrogens is 310 g/mol. The van der Waals surface area contributed by atoms with Crippen LogP contribution in [-0.2, 0) is 4.79 Å². The van der Waals surface area contributed by atoms with Gasteiger partial charge in [-0.25, -0.2) is 0 Å². The number of nitro groups is 1. The van der Waals surface area contributed by atoms with E-state index in [9.17, 15) is 14.9 Å². The molecule has 1 aromatic carbocycles. The first-order chi connectivity index (χ1) is 9.97. The number of rotatable bonds is 4. The van der Waals surface area contributed by atoms with Crippen LogP contribution in [0.1, 0.15) is 12.5 Å². The second-order valence-electron chi connectivity index (χ2n) is 4.50. The lowest BCUT2D eigenvalue weighted by molar-refractivity contribution is -0.384. The number of non-ortho nitro benzene ring substituents is 1. The van der Waals surface area contributed by atoms with Crippen molar-refractivity contribution < 1.29 is 9.72 Å². The Bertz CT molecular complexity index is 604. The Morgan fingerprint density at radius 1 is 1.57 bits per heavy atom. The summed E-state index contributed by atoms with van der Waals surface area (Å²) in [6.45, 7) is 4.40. The van der Waals surface area contributed by atoms with Gasteiger partial charge in [-0.1, -0.05) is 29.6 Å². The number of thioether (sulfide) groups is 2. The molecule has 1 aliphatic heterocycles. The first kappa shape index (κ1) is 15.8. The molecule has 112 valence electrons. The summed E-state index contributed by atoms with van der Waals surface area (Å²) in [5.41, 5.74) is 1.23. The average molecular weight is 325 g/mol. The minimum absolute atomic E-state index is 0.0353. The van der Waals surface area contributed by atoms with Crippen molar-refractivity contribution in [2.45, 2.75) is 19.1 Å². The van der Waals surface area contributed by atoms with Crippen molar-refractivity contribution in [1.82, 2.24) is 0 Å². The van der Waals surface area contributed by atoms with E-state index in [2.05, 4.69) is 10.3 Å². The summed E-state index contributed by atoms with van der Waals surface area (Å²) in [5.74, 6) is 0.777. The molecule has 0 spiro atoms. The van der Waals surface area contributed by atoms with Crippen LogP contribution in [0.25, 0.3) is 0 Å². The van der Waals surface area contributed by atoms with Crippen molar-refractivity contribution in [3.63, 3.8) is 0 Å². The van der Waals surface area contributed by atoms with E-state index in [0.29, 0.717) is 5.69 Å². The molecule has 8 heteroatoms. The van der Waals surface area contributed by atoms with Gasteiger partial charge < -0.3 is 5.32 Å². The van der Waals surface area contributed by atoms with Crippen LogP contribution >= 0.6 is 23.5 Å². The van der Waals surface area contributed by atoms with Crippen LogP contribution in [-0.4, -0.2) is 32.8 Å². The molecule has 1 unspecified atom stereocenters. The van der Waals surface area contributed by atoms with Crippen LogP contribution in [0.3, 0.4) is 0 Å². The molecule has 1 heterocycles. The SMILES string of the molecule is Cc1ccc([N+](=O)[O-])cc1NC(=O)C(C)SC1=NCCS1. The molecule has 1 N–H and O–H groups in total. The number of nitro benzene ring substituents is 1. The third-order valence-electron chi connectivity index (χ3n) is 2.89. The predicted molar refractivity (Wildman–Crippen MR) is 88.3 cm³/mol. The molecular formula is C13H15N3O3S2. The number of hydrogen-bond donors (Lipinski definition) is 1. The van der Waals surface area contributed by atoms with Gasteiger partial charge in [0.2, 0.25) is 5.91 Å². The van der Waals surface area contributed by atoms with E-state index in [1.165, 1.54) is 23.9 Å². The number of nitrogens with zero attached hydrogens (tertiary/aromatic N) is 2. The summed E-state index contributed by atoms with van der Waals surface area (Å²) in [6.07, 6.45) is 0. The first-order valence-corrected chi connectivity index (χ1v) is 8.23. The van der Waals surface area contributed by atoms with Gasteiger partial charge >= 0.3 is 0 Å². The van der Waals surface area contributed by atoms with E-state index in [0.717, 1.165) is 22.2 Å². The van der Waals surface area contributed by atoms with E-state index >= 15 is 0 Å². The highest BCUT2D eigenvalue weighted by Crippen LogP contribution is 2.27. The summed E-state index contributed by atoms with van der Waals surface area (Å²) >= 11 is 3.07. The molecule has 0 bridgehead atoms. The van der Waals surface area contributed by atoms with E-state index in [4.69, 9.17) is 0 Å². The zero-order valence-corrected chi connectivity index (χ0v) is 13.3. The van der Waals surface area contributed by atoms with Gasteiger partial charge in [0, 0.05) is 17.9 Å². The van der Waals surface area contributed by atoms with Crippen molar-refractivity contribution in [1.29, 1.82) is 0 Å². The van der Waals surface area contributed by atoms with Crippen LogP contribution in [0.4, 0.5) is 11.4 Å². The minimum Gasteiger partial charge on any atom is -0.325 e. The number of amides is 1. The summed E-state index contributed by atoms with van der Waals surface area (Å²) in [5, 5.41) is 13.2. The molecule has 0 fully saturated rings. The molecule has 6 nitrogen and oxygen atoms in total. The highest BCUT2D eigenvalue weighted by Gasteiger charge is 2.20. The topological polar surface area (TPSA) is 84.6 Å². The van der Waals surface area contributed by atoms with Crippen molar-refractivity contribution in [3.05, 3.63) is 33.9 Å². The lowest BCUT2D eigenvalue weighted by Gasteiger charge is -2.13. The number of aryl methyl sites for hydroxylation is 1. The first-order valence-electron chi connectivity index (χ1n) is 6.37. The fourth-order valence-electron chi connectivity index (χ4n) is 1.68. The molecule has 1 aromatic rings. The second-order valence-corrected chi connectivity index (χ2v) is 7.17. The number of carbonyl (C=O) groups excluding carboxylic acids is 1. The van der Waals surface area contributed by atoms with E-state index in [1.54, 1.807) is 31.7 Å². The Balaban J connectivity index is 2.04. The Kier molecular flexibility index (Phi) is 5.24. The van der Waals surface area contributed by atoms with Crippen molar-refractivity contribution in [3.8, 4) is 0 Å². The fourth-order valence-corrected chi connectivity index (χ4v) is 3.81. The van der Waals surface area contributed by atoms with Crippen LogP contribution in [0.2, 0.25) is 0 Å². The standard InChI is InChI=1S/C13H15N3O3S2/c1-8-3-4-10(16(18)19)7-11(8)15-12(17)9(2)21-13-14-5-6-20-13/h3-4,7,9H,5-6H2,1-2H3,(H,15,17). The number of carbonyl (C=O) groups is 1. The quantitative estimate of drug-likeness (QED) is 0.679. The molecule has 0 aliphatic carbocycles. The van der Waals surface area contributed by atoms with Gasteiger partial charge in [-0.2, -0.15) is 0 Å². The monoisotopic (exact) mass is 325 g/mol. The van der Waals surface area contributed by atoms with Crippen molar-refractivity contribution in [2.24, 2.45) is 4.99 Å². The molecule has 0 aromatic heterocycles. The van der Waals surface area contributed by atoms with Gasteiger partial charge in [-0.05, 0) is 19.4 Å². The number of nitrogens with one attached hydrogen (secondary N) is 1. The normalized spacial score (nSPS) is 15.4. The van der Waals surface area contributed by atoms with E-state index < -0.39 is 4.92 Å². The summed E-state index contributed by atoms with van der Waals surface area (Å²) in [7, 11) is 0. The zero-order chi connectivity index (χ0) is 15.4. The van der Waals surface area contributed by atoms with Gasteiger partial charge in [0.05, 0.1) is 22.4 Å². The molecule has 2 rings (SSSR count). The zero-order valence-electron chi connectivity index (χ0n) is 11.7. The smallest absolute Gasteiger partial charge is 0.271 e. The molecule has 0 saturated carbocycles. The molecule has 1 aliphatic rings. The Morgan fingerprint density at radius 3 is 2.95 bits per heavy atom. The largest absolute Gasteiger partial charge is 0.325 e. The van der Waals surface area contributed by atoms with Gasteiger partial charge in [0.15, 0.2) is 0 Å². The molecule has 0 radical (unpaired) electrons. The average Bonchev–Trinajstić information content (AvgIpc) is 2.93. The van der Waals surface area contributed by atoms with Gasteiger partial charge in [0.1, 0.15) is 4.38 Å². The van der Waals surface area contributed by atoms with Crippen molar-refractivity contribution in [2.75, 3.05) is 17.6 Å². The number of benzene rings is 1. The highest BCUT2D eigenvalue weighted by molar-refractivity contribution is 8.39. The fraction of sp³-hybridized carbons (Fsp3) is 0.385. The Labute approximate surface area is 130 Å². The van der Waals surface area contributed by atoms with Crippen LogP contribution in [0.15, 0.2) is 23.2 Å². The molecule has 1 amide bonds. The van der Waals surface area contributed by atoms with Gasteiger partial charge in [0.25, 0.3) is 5.69 Å². The minimum atomic E-state index is -0.475. The molecule has 21 heavy (non-hydrogen) atoms. The Morgan fingerprint density at radius 2 is 2.33 bits per heavy atom. The van der Waals surface area contributed by atoms with E-state index in [1.807, 2.05) is 0 Å². The maximum absolute atomic E-state index is 12.2. The molecule has 1 atom stereocenters. The van der Waals surface area contributed by atoms with Gasteiger partial charge in [-0.3, -0.25) is 19.9 Å². The third kappa shape index (κ3) is 4.21. The maximum Gasteiger partial charge on any atom is 0.271 e. The predicted octanol–water partition coefficient (Wildman–Crippen LogP) is 3.07. The number of aliphatic imine (C=N–C) groups is 1. The second kappa shape index (κ2) is 6.95. The maximum atomic E-state index is 12.2. The van der Waals surface area contributed by atoms with E-state index in [-0.39, 0.29) is 16.8 Å². The summed E-state index contributed by atoms with van der Waals surface area (Å²) < 4.78 is 0.924. The number of anilines is 1. The highest BCUT2D eigenvalue weighted by atomic mass is 32.2. The van der Waals surface area contributed by atoms with Crippen LogP contribution in [0, 0.1) is 17.0 Å². The third-order valence-corrected chi connectivity index (χ3v) is 5.20. The summed E-state index contributed by atoms with van der Waals surface area (Å²) in [4.78, 5) is 26.8. The Hall–Kier alpha value is -1.54. The summed E-state index contributed by atoms with van der Waals surface area (Å²) in [6, 6.07) is 4.43. The van der Waals surface area contributed by atoms with Crippen LogP contribution in [0.5, 0.6) is 0 Å². The lowest BCUT2D eigenvalue weighted by atomic mass is 10.2. The molecule has 0 saturated heterocycles. The van der Waals surface area contributed by atoms with Gasteiger partial charge in [-0.15, -0.1) is 0 Å². The lowest BCUT2D eigenvalue weighted by Crippen LogP contribution is -2.23. The van der Waals surface area contributed by atoms with Crippen LogP contribution < -0.4 is 5.32 Å².